The second kappa shape index (κ2) is 6.20. The standard InChI is InChI=1S/C21H19N7/c1-13-4-3-8-28-18(13)10-17(26-28)21-20-16(23-12-24-20)7-9-27(21)19-6-5-15(11-22)14(2)25-19/h3-6,8,10,12,21H,7,9H2,1-2H3,(H,23,24)/t21-/m1/s1. The Labute approximate surface area is 162 Å². The van der Waals surface area contributed by atoms with E-state index in [4.69, 9.17) is 10.1 Å². The van der Waals surface area contributed by atoms with Gasteiger partial charge in [-0.2, -0.15) is 10.4 Å². The van der Waals surface area contributed by atoms with Crippen molar-refractivity contribution in [2.24, 2.45) is 0 Å². The zero-order chi connectivity index (χ0) is 19.3. The van der Waals surface area contributed by atoms with Crippen LogP contribution in [0.4, 0.5) is 5.82 Å². The molecule has 1 aliphatic heterocycles. The summed E-state index contributed by atoms with van der Waals surface area (Å²) < 4.78 is 1.92. The van der Waals surface area contributed by atoms with Crippen molar-refractivity contribution in [3.63, 3.8) is 0 Å². The molecule has 0 fully saturated rings. The molecule has 7 nitrogen and oxygen atoms in total. The molecule has 0 aliphatic carbocycles. The third kappa shape index (κ3) is 2.46. The van der Waals surface area contributed by atoms with Crippen LogP contribution < -0.4 is 4.90 Å². The van der Waals surface area contributed by atoms with Crippen LogP contribution in [0, 0.1) is 25.2 Å². The number of aryl methyl sites for hydroxylation is 2. The van der Waals surface area contributed by atoms with Gasteiger partial charge in [0.05, 0.1) is 34.5 Å². The summed E-state index contributed by atoms with van der Waals surface area (Å²) >= 11 is 0. The van der Waals surface area contributed by atoms with E-state index in [-0.39, 0.29) is 6.04 Å². The van der Waals surface area contributed by atoms with Crippen molar-refractivity contribution in [1.29, 1.82) is 5.26 Å². The van der Waals surface area contributed by atoms with Crippen molar-refractivity contribution in [3.8, 4) is 6.07 Å². The number of hydrogen-bond donors (Lipinski definition) is 1. The molecular weight excluding hydrogens is 350 g/mol. The number of hydrogen-bond acceptors (Lipinski definition) is 5. The van der Waals surface area contributed by atoms with Crippen LogP contribution >= 0.6 is 0 Å². The molecule has 1 aliphatic rings. The van der Waals surface area contributed by atoms with E-state index in [1.165, 1.54) is 5.56 Å². The number of anilines is 1. The molecule has 0 radical (unpaired) electrons. The van der Waals surface area contributed by atoms with E-state index in [1.54, 1.807) is 6.33 Å². The maximum Gasteiger partial charge on any atom is 0.129 e. The molecule has 28 heavy (non-hydrogen) atoms. The number of imidazole rings is 1. The minimum absolute atomic E-state index is 0.130. The molecule has 0 amide bonds. The van der Waals surface area contributed by atoms with Crippen LogP contribution in [0.3, 0.4) is 0 Å². The number of aromatic amines is 1. The molecule has 138 valence electrons. The number of rotatable bonds is 2. The van der Waals surface area contributed by atoms with Crippen LogP contribution in [0.15, 0.2) is 42.9 Å². The van der Waals surface area contributed by atoms with Gasteiger partial charge < -0.3 is 9.88 Å². The van der Waals surface area contributed by atoms with E-state index >= 15 is 0 Å². The number of nitrogens with zero attached hydrogens (tertiary/aromatic N) is 6. The molecule has 4 aromatic rings. The predicted octanol–water partition coefficient (Wildman–Crippen LogP) is 3.09. The average Bonchev–Trinajstić information content (AvgIpc) is 3.34. The molecule has 1 atom stereocenters. The molecule has 0 bridgehead atoms. The number of nitrogens with one attached hydrogen (secondary N) is 1. The first-order valence-corrected chi connectivity index (χ1v) is 9.27. The Morgan fingerprint density at radius 1 is 1.25 bits per heavy atom. The summed E-state index contributed by atoms with van der Waals surface area (Å²) in [5.74, 6) is 0.837. The SMILES string of the molecule is Cc1nc(N2CCc3[nH]cnc3[C@H]2c2cc3c(C)cccn3n2)ccc1C#N. The lowest BCUT2D eigenvalue weighted by Crippen LogP contribution is -2.37. The molecule has 7 heteroatoms. The zero-order valence-electron chi connectivity index (χ0n) is 15.7. The fraction of sp³-hybridized carbons (Fsp3) is 0.238. The van der Waals surface area contributed by atoms with Gasteiger partial charge >= 0.3 is 0 Å². The fourth-order valence-corrected chi connectivity index (χ4v) is 3.96. The molecule has 0 saturated carbocycles. The third-order valence-electron chi connectivity index (χ3n) is 5.42. The molecule has 0 spiro atoms. The monoisotopic (exact) mass is 369 g/mol. The highest BCUT2D eigenvalue weighted by molar-refractivity contribution is 5.58. The minimum atomic E-state index is -0.130. The van der Waals surface area contributed by atoms with Gasteiger partial charge in [-0.25, -0.2) is 14.5 Å². The molecule has 0 saturated heterocycles. The fourth-order valence-electron chi connectivity index (χ4n) is 3.96. The number of H-pyrrole nitrogens is 1. The third-order valence-corrected chi connectivity index (χ3v) is 5.42. The van der Waals surface area contributed by atoms with Crippen LogP contribution in [0.2, 0.25) is 0 Å². The number of pyridine rings is 2. The first-order valence-electron chi connectivity index (χ1n) is 9.27. The second-order valence-electron chi connectivity index (χ2n) is 7.12. The maximum atomic E-state index is 9.23. The molecule has 0 aromatic carbocycles. The van der Waals surface area contributed by atoms with Crippen molar-refractivity contribution in [3.05, 3.63) is 76.8 Å². The molecule has 5 heterocycles. The number of fused-ring (bicyclic) bond motifs is 2. The van der Waals surface area contributed by atoms with Gasteiger partial charge in [-0.1, -0.05) is 6.07 Å². The Hall–Kier alpha value is -3.66. The highest BCUT2D eigenvalue weighted by Gasteiger charge is 2.34. The smallest absolute Gasteiger partial charge is 0.129 e. The van der Waals surface area contributed by atoms with Crippen LogP contribution in [0.1, 0.15) is 39.9 Å². The Bertz CT molecular complexity index is 1230. The van der Waals surface area contributed by atoms with Gasteiger partial charge in [0.25, 0.3) is 0 Å². The molecule has 1 N–H and O–H groups in total. The van der Waals surface area contributed by atoms with Gasteiger partial charge in [-0.15, -0.1) is 0 Å². The Balaban J connectivity index is 1.67. The number of aromatic nitrogens is 5. The van der Waals surface area contributed by atoms with Crippen molar-refractivity contribution in [1.82, 2.24) is 24.6 Å². The van der Waals surface area contributed by atoms with Gasteiger partial charge in [0, 0.05) is 24.9 Å². The van der Waals surface area contributed by atoms with Crippen LogP contribution in [0.25, 0.3) is 5.52 Å². The Morgan fingerprint density at radius 3 is 2.93 bits per heavy atom. The lowest BCUT2D eigenvalue weighted by molar-refractivity contribution is 0.610. The van der Waals surface area contributed by atoms with E-state index < -0.39 is 0 Å². The average molecular weight is 369 g/mol. The van der Waals surface area contributed by atoms with E-state index in [2.05, 4.69) is 40.0 Å². The summed E-state index contributed by atoms with van der Waals surface area (Å²) in [6, 6.07) is 12.0. The van der Waals surface area contributed by atoms with Crippen LogP contribution in [-0.2, 0) is 6.42 Å². The highest BCUT2D eigenvalue weighted by Crippen LogP contribution is 2.36. The molecular formula is C21H19N7. The second-order valence-corrected chi connectivity index (χ2v) is 7.12. The lowest BCUT2D eigenvalue weighted by Gasteiger charge is -2.35. The molecule has 5 rings (SSSR count). The van der Waals surface area contributed by atoms with Crippen LogP contribution in [-0.4, -0.2) is 31.1 Å². The first-order chi connectivity index (χ1) is 13.7. The van der Waals surface area contributed by atoms with Crippen molar-refractivity contribution < 1.29 is 0 Å². The largest absolute Gasteiger partial charge is 0.348 e. The molecule has 0 unspecified atom stereocenters. The van der Waals surface area contributed by atoms with Gasteiger partial charge in [0.1, 0.15) is 17.9 Å². The summed E-state index contributed by atoms with van der Waals surface area (Å²) in [5.41, 5.74) is 6.66. The minimum Gasteiger partial charge on any atom is -0.348 e. The van der Waals surface area contributed by atoms with Crippen molar-refractivity contribution in [2.75, 3.05) is 11.4 Å². The van der Waals surface area contributed by atoms with Crippen LogP contribution in [0.5, 0.6) is 0 Å². The first kappa shape index (κ1) is 16.5. The predicted molar refractivity (Wildman–Crippen MR) is 105 cm³/mol. The normalized spacial score (nSPS) is 16.2. The van der Waals surface area contributed by atoms with Crippen molar-refractivity contribution in [2.45, 2.75) is 26.3 Å². The lowest BCUT2D eigenvalue weighted by atomic mass is 9.99. The highest BCUT2D eigenvalue weighted by atomic mass is 15.3. The topological polar surface area (TPSA) is 85.9 Å². The summed E-state index contributed by atoms with van der Waals surface area (Å²) in [7, 11) is 0. The van der Waals surface area contributed by atoms with E-state index in [0.717, 1.165) is 47.1 Å². The van der Waals surface area contributed by atoms with E-state index in [0.29, 0.717) is 5.56 Å². The van der Waals surface area contributed by atoms with Gasteiger partial charge in [-0.3, -0.25) is 0 Å². The van der Waals surface area contributed by atoms with Crippen molar-refractivity contribution >= 4 is 11.3 Å². The Kier molecular flexibility index (Phi) is 3.66. The van der Waals surface area contributed by atoms with Gasteiger partial charge in [-0.05, 0) is 43.7 Å². The van der Waals surface area contributed by atoms with E-state index in [1.807, 2.05) is 35.8 Å². The number of nitriles is 1. The summed E-state index contributed by atoms with van der Waals surface area (Å²) in [6.07, 6.45) is 4.58. The quantitative estimate of drug-likeness (QED) is 0.587. The van der Waals surface area contributed by atoms with E-state index in [9.17, 15) is 5.26 Å². The summed E-state index contributed by atoms with van der Waals surface area (Å²) in [6.45, 7) is 4.76. The molecule has 4 aromatic heterocycles. The zero-order valence-corrected chi connectivity index (χ0v) is 15.7. The van der Waals surface area contributed by atoms with Gasteiger partial charge in [0.15, 0.2) is 0 Å². The summed E-state index contributed by atoms with van der Waals surface area (Å²) in [4.78, 5) is 14.8. The van der Waals surface area contributed by atoms with Gasteiger partial charge in [0.2, 0.25) is 0 Å². The summed E-state index contributed by atoms with van der Waals surface area (Å²) in [5, 5.41) is 14.1. The maximum absolute atomic E-state index is 9.23. The Morgan fingerprint density at radius 2 is 2.14 bits per heavy atom.